The van der Waals surface area contributed by atoms with Crippen LogP contribution >= 0.6 is 0 Å². The van der Waals surface area contributed by atoms with E-state index in [4.69, 9.17) is 4.74 Å². The van der Waals surface area contributed by atoms with Crippen molar-refractivity contribution in [1.82, 2.24) is 5.32 Å². The molecule has 3 nitrogen and oxygen atoms in total. The second-order valence-corrected chi connectivity index (χ2v) is 7.51. The minimum absolute atomic E-state index is 0.0382. The standard InChI is InChI=1S/C17H21F2NO2/c1-14(2,3)22-13(21)20-11-15-9-16(10-15,17(15,18)19)12-7-5-4-6-8-12/h4-8H,9-11H2,1-3H3,(H,20,21). The van der Waals surface area contributed by atoms with Gasteiger partial charge in [0.15, 0.2) is 0 Å². The highest BCUT2D eigenvalue weighted by atomic mass is 19.3. The molecule has 0 heterocycles. The van der Waals surface area contributed by atoms with E-state index >= 15 is 0 Å². The number of halogens is 2. The maximum absolute atomic E-state index is 14.6. The molecule has 120 valence electrons. The van der Waals surface area contributed by atoms with E-state index < -0.39 is 28.4 Å². The van der Waals surface area contributed by atoms with Crippen LogP contribution < -0.4 is 5.32 Å². The van der Waals surface area contributed by atoms with Gasteiger partial charge in [0.2, 0.25) is 0 Å². The normalized spacial score (nSPS) is 31.7. The van der Waals surface area contributed by atoms with Gasteiger partial charge in [-0.25, -0.2) is 13.6 Å². The Morgan fingerprint density at radius 3 is 2.32 bits per heavy atom. The number of carbonyl (C=O) groups excluding carboxylic acids is 1. The molecule has 3 aliphatic carbocycles. The van der Waals surface area contributed by atoms with Crippen molar-refractivity contribution in [2.45, 2.75) is 50.6 Å². The summed E-state index contributed by atoms with van der Waals surface area (Å²) in [4.78, 5) is 11.6. The molecule has 3 aliphatic rings. The van der Waals surface area contributed by atoms with Crippen LogP contribution in [0.15, 0.2) is 30.3 Å². The van der Waals surface area contributed by atoms with E-state index in [1.807, 2.05) is 6.07 Å². The van der Waals surface area contributed by atoms with Gasteiger partial charge in [0.1, 0.15) is 5.60 Å². The van der Waals surface area contributed by atoms with Crippen LogP contribution in [0, 0.1) is 5.41 Å². The number of alkyl carbamates (subject to hydrolysis) is 1. The zero-order valence-corrected chi connectivity index (χ0v) is 13.1. The van der Waals surface area contributed by atoms with E-state index in [1.165, 1.54) is 0 Å². The molecule has 0 atom stereocenters. The third kappa shape index (κ3) is 1.94. The average Bonchev–Trinajstić information content (AvgIpc) is 2.36. The summed E-state index contributed by atoms with van der Waals surface area (Å²) in [5.74, 6) is -2.78. The monoisotopic (exact) mass is 309 g/mol. The smallest absolute Gasteiger partial charge is 0.407 e. The summed E-state index contributed by atoms with van der Waals surface area (Å²) in [6.07, 6.45) is 0.182. The number of hydrogen-bond acceptors (Lipinski definition) is 2. The van der Waals surface area contributed by atoms with Gasteiger partial charge in [0, 0.05) is 6.54 Å². The van der Waals surface area contributed by atoms with Gasteiger partial charge in [-0.1, -0.05) is 30.3 Å². The largest absolute Gasteiger partial charge is 0.444 e. The van der Waals surface area contributed by atoms with Crippen molar-refractivity contribution in [2.75, 3.05) is 6.54 Å². The van der Waals surface area contributed by atoms with Crippen molar-refractivity contribution in [1.29, 1.82) is 0 Å². The first-order chi connectivity index (χ1) is 10.1. The lowest BCUT2D eigenvalue weighted by Crippen LogP contribution is -2.83. The van der Waals surface area contributed by atoms with Gasteiger partial charge in [-0.3, -0.25) is 0 Å². The first-order valence-electron chi connectivity index (χ1n) is 7.52. The first-order valence-corrected chi connectivity index (χ1v) is 7.52. The van der Waals surface area contributed by atoms with Crippen molar-refractivity contribution >= 4 is 6.09 Å². The van der Waals surface area contributed by atoms with Crippen LogP contribution in [0.2, 0.25) is 0 Å². The molecule has 22 heavy (non-hydrogen) atoms. The molecule has 0 radical (unpaired) electrons. The van der Waals surface area contributed by atoms with Crippen molar-refractivity contribution in [3.05, 3.63) is 35.9 Å². The topological polar surface area (TPSA) is 38.3 Å². The molecule has 3 saturated carbocycles. The molecular formula is C17H21F2NO2. The fourth-order valence-corrected chi connectivity index (χ4v) is 3.78. The highest BCUT2D eigenvalue weighted by Crippen LogP contribution is 2.81. The van der Waals surface area contributed by atoms with Crippen LogP contribution in [0.25, 0.3) is 0 Å². The van der Waals surface area contributed by atoms with Crippen molar-refractivity contribution in [3.63, 3.8) is 0 Å². The summed E-state index contributed by atoms with van der Waals surface area (Å²) in [5.41, 5.74) is -2.08. The van der Waals surface area contributed by atoms with Crippen molar-refractivity contribution < 1.29 is 18.3 Å². The SMILES string of the molecule is CC(C)(C)OC(=O)NCC12CC(c3ccccc3)(C1)C2(F)F. The Labute approximate surface area is 129 Å². The number of alkyl halides is 2. The van der Waals surface area contributed by atoms with Crippen molar-refractivity contribution in [3.8, 4) is 0 Å². The lowest BCUT2D eigenvalue weighted by Gasteiger charge is -2.75. The summed E-state index contributed by atoms with van der Waals surface area (Å²) in [6.45, 7) is 5.19. The van der Waals surface area contributed by atoms with E-state index in [0.717, 1.165) is 0 Å². The summed E-state index contributed by atoms with van der Waals surface area (Å²) in [7, 11) is 0. The number of benzene rings is 1. The second kappa shape index (κ2) is 4.43. The minimum atomic E-state index is -2.78. The van der Waals surface area contributed by atoms with Crippen LogP contribution in [0.3, 0.4) is 0 Å². The van der Waals surface area contributed by atoms with E-state index in [0.29, 0.717) is 18.4 Å². The van der Waals surface area contributed by atoms with E-state index in [1.54, 1.807) is 45.0 Å². The maximum Gasteiger partial charge on any atom is 0.407 e. The lowest BCUT2D eigenvalue weighted by molar-refractivity contribution is -0.367. The molecule has 0 saturated heterocycles. The molecule has 4 rings (SSSR count). The van der Waals surface area contributed by atoms with Gasteiger partial charge in [0.05, 0.1) is 10.8 Å². The Morgan fingerprint density at radius 2 is 1.82 bits per heavy atom. The fourth-order valence-electron chi connectivity index (χ4n) is 3.78. The summed E-state index contributed by atoms with van der Waals surface area (Å²) < 4.78 is 34.2. The lowest BCUT2D eigenvalue weighted by atomic mass is 9.30. The average molecular weight is 309 g/mol. The van der Waals surface area contributed by atoms with Gasteiger partial charge in [-0.05, 0) is 39.2 Å². The summed E-state index contributed by atoms with van der Waals surface area (Å²) in [5, 5.41) is 2.50. The number of hydrogen-bond donors (Lipinski definition) is 1. The number of rotatable bonds is 3. The number of ether oxygens (including phenoxy) is 1. The van der Waals surface area contributed by atoms with Gasteiger partial charge >= 0.3 is 6.09 Å². The van der Waals surface area contributed by atoms with E-state index in [2.05, 4.69) is 5.32 Å². The Morgan fingerprint density at radius 1 is 1.23 bits per heavy atom. The van der Waals surface area contributed by atoms with Crippen LogP contribution in [0.5, 0.6) is 0 Å². The van der Waals surface area contributed by atoms with Crippen LogP contribution in [-0.2, 0) is 10.2 Å². The Bertz CT molecular complexity index is 586. The fraction of sp³-hybridized carbons (Fsp3) is 0.588. The predicted molar refractivity (Wildman–Crippen MR) is 79.0 cm³/mol. The first kappa shape index (κ1) is 15.3. The third-order valence-electron chi connectivity index (χ3n) is 4.84. The van der Waals surface area contributed by atoms with Crippen molar-refractivity contribution in [2.24, 2.45) is 5.41 Å². The molecule has 1 aromatic carbocycles. The zero-order valence-electron chi connectivity index (χ0n) is 13.1. The summed E-state index contributed by atoms with van der Waals surface area (Å²) in [6, 6.07) is 8.93. The molecule has 2 bridgehead atoms. The molecule has 0 aliphatic heterocycles. The van der Waals surface area contributed by atoms with E-state index in [9.17, 15) is 13.6 Å². The van der Waals surface area contributed by atoms with Crippen LogP contribution in [-0.4, -0.2) is 24.2 Å². The third-order valence-corrected chi connectivity index (χ3v) is 4.84. The second-order valence-electron chi connectivity index (χ2n) is 7.51. The molecule has 3 fully saturated rings. The van der Waals surface area contributed by atoms with Gasteiger partial charge in [-0.15, -0.1) is 0 Å². The Kier molecular flexibility index (Phi) is 3.07. The van der Waals surface area contributed by atoms with Gasteiger partial charge < -0.3 is 10.1 Å². The van der Waals surface area contributed by atoms with Gasteiger partial charge in [-0.2, -0.15) is 0 Å². The van der Waals surface area contributed by atoms with Crippen LogP contribution in [0.1, 0.15) is 39.2 Å². The number of amides is 1. The minimum Gasteiger partial charge on any atom is -0.444 e. The molecule has 0 unspecified atom stereocenters. The molecule has 0 spiro atoms. The number of nitrogens with one attached hydrogen (secondary N) is 1. The molecular weight excluding hydrogens is 288 g/mol. The molecule has 5 heteroatoms. The summed E-state index contributed by atoms with van der Waals surface area (Å²) >= 11 is 0. The van der Waals surface area contributed by atoms with Gasteiger partial charge in [0.25, 0.3) is 5.92 Å². The number of carbonyl (C=O) groups is 1. The van der Waals surface area contributed by atoms with Crippen LogP contribution in [0.4, 0.5) is 13.6 Å². The molecule has 1 N–H and O–H groups in total. The molecule has 1 aromatic rings. The molecule has 1 amide bonds. The highest BCUT2D eigenvalue weighted by Gasteiger charge is 2.88. The quantitative estimate of drug-likeness (QED) is 0.920. The highest BCUT2D eigenvalue weighted by molar-refractivity contribution is 5.68. The Balaban J connectivity index is 1.64. The zero-order chi connectivity index (χ0) is 16.2. The molecule has 0 aromatic heterocycles. The maximum atomic E-state index is 14.6. The van der Waals surface area contributed by atoms with E-state index in [-0.39, 0.29) is 6.54 Å². The predicted octanol–water partition coefficient (Wildman–Crippen LogP) is 3.88. The Hall–Kier alpha value is -1.65.